The molecule has 0 unspecified atom stereocenters. The van der Waals surface area contributed by atoms with Crippen molar-refractivity contribution in [2.24, 2.45) is 0 Å². The molecule has 0 aromatic carbocycles. The SMILES string of the molecule is C=C(C)C(=O)OCC(F)(F)C(F)(F)CC(F)F. The van der Waals surface area contributed by atoms with E-state index in [1.54, 1.807) is 0 Å². The van der Waals surface area contributed by atoms with Gasteiger partial charge in [-0.15, -0.1) is 0 Å². The summed E-state index contributed by atoms with van der Waals surface area (Å²) >= 11 is 0. The largest absolute Gasteiger partial charge is 0.456 e. The van der Waals surface area contributed by atoms with Crippen LogP contribution in [0.15, 0.2) is 12.2 Å². The maximum Gasteiger partial charge on any atom is 0.343 e. The smallest absolute Gasteiger partial charge is 0.343 e. The fourth-order valence-corrected chi connectivity index (χ4v) is 0.728. The molecule has 0 bridgehead atoms. The molecule has 8 heteroatoms. The third-order valence-electron chi connectivity index (χ3n) is 1.68. The molecule has 0 fully saturated rings. The lowest BCUT2D eigenvalue weighted by Gasteiger charge is -2.25. The van der Waals surface area contributed by atoms with E-state index in [0.717, 1.165) is 6.92 Å². The van der Waals surface area contributed by atoms with Crippen molar-refractivity contribution in [3.8, 4) is 0 Å². The molecule has 2 nitrogen and oxygen atoms in total. The normalized spacial score (nSPS) is 12.7. The standard InChI is InChI=1S/C9H10F6O2/c1-5(2)7(16)17-4-9(14,15)8(12,13)3-6(10)11/h6H,1,3-4H2,2H3. The van der Waals surface area contributed by atoms with Gasteiger partial charge in [0.05, 0.1) is 6.42 Å². The molecule has 0 aromatic heterocycles. The van der Waals surface area contributed by atoms with Crippen molar-refractivity contribution in [1.29, 1.82) is 0 Å². The molecule has 0 aliphatic rings. The second kappa shape index (κ2) is 5.42. The predicted molar refractivity (Wildman–Crippen MR) is 46.3 cm³/mol. The summed E-state index contributed by atoms with van der Waals surface area (Å²) in [5.41, 5.74) is -0.266. The topological polar surface area (TPSA) is 26.3 Å². The molecule has 0 aromatic rings. The van der Waals surface area contributed by atoms with E-state index in [9.17, 15) is 31.1 Å². The van der Waals surface area contributed by atoms with Crippen LogP contribution in [0.25, 0.3) is 0 Å². The van der Waals surface area contributed by atoms with E-state index in [1.165, 1.54) is 0 Å². The lowest BCUT2D eigenvalue weighted by molar-refractivity contribution is -0.242. The van der Waals surface area contributed by atoms with Crippen LogP contribution in [0.4, 0.5) is 26.3 Å². The number of carbonyl (C=O) groups is 1. The van der Waals surface area contributed by atoms with Gasteiger partial charge in [0, 0.05) is 5.57 Å². The second-order valence-electron chi connectivity index (χ2n) is 3.36. The van der Waals surface area contributed by atoms with Crippen LogP contribution < -0.4 is 0 Å². The van der Waals surface area contributed by atoms with Crippen LogP contribution in [0.3, 0.4) is 0 Å². The van der Waals surface area contributed by atoms with Crippen molar-refractivity contribution in [3.63, 3.8) is 0 Å². The Hall–Kier alpha value is -1.21. The number of hydrogen-bond donors (Lipinski definition) is 0. The van der Waals surface area contributed by atoms with Crippen molar-refractivity contribution in [2.45, 2.75) is 31.6 Å². The number of rotatable bonds is 6. The minimum Gasteiger partial charge on any atom is -0.456 e. The van der Waals surface area contributed by atoms with Crippen LogP contribution in [0.5, 0.6) is 0 Å². The summed E-state index contributed by atoms with van der Waals surface area (Å²) in [6, 6.07) is 0. The number of carbonyl (C=O) groups excluding carboxylic acids is 1. The number of halogens is 6. The van der Waals surface area contributed by atoms with Gasteiger partial charge in [0.15, 0.2) is 6.61 Å². The van der Waals surface area contributed by atoms with E-state index in [4.69, 9.17) is 0 Å². The third-order valence-corrected chi connectivity index (χ3v) is 1.68. The van der Waals surface area contributed by atoms with Crippen LogP contribution in [0.2, 0.25) is 0 Å². The van der Waals surface area contributed by atoms with Gasteiger partial charge >= 0.3 is 17.8 Å². The molecule has 0 heterocycles. The highest BCUT2D eigenvalue weighted by atomic mass is 19.3. The quantitative estimate of drug-likeness (QED) is 0.418. The first-order valence-corrected chi connectivity index (χ1v) is 4.36. The van der Waals surface area contributed by atoms with Crippen LogP contribution in [0.1, 0.15) is 13.3 Å². The van der Waals surface area contributed by atoms with Gasteiger partial charge in [-0.2, -0.15) is 17.6 Å². The average Bonchev–Trinajstić information content (AvgIpc) is 2.11. The Bertz CT molecular complexity index is 300. The summed E-state index contributed by atoms with van der Waals surface area (Å²) in [6.07, 6.45) is -5.89. The Balaban J connectivity index is 4.55. The van der Waals surface area contributed by atoms with E-state index in [1.807, 2.05) is 0 Å². The first-order chi connectivity index (χ1) is 7.49. The van der Waals surface area contributed by atoms with Crippen molar-refractivity contribution in [2.75, 3.05) is 6.61 Å². The molecule has 0 amide bonds. The zero-order valence-electron chi connectivity index (χ0n) is 8.78. The minimum absolute atomic E-state index is 0.266. The highest BCUT2D eigenvalue weighted by Crippen LogP contribution is 2.38. The van der Waals surface area contributed by atoms with E-state index in [0.29, 0.717) is 0 Å². The monoisotopic (exact) mass is 264 g/mol. The number of ether oxygens (including phenoxy) is 1. The van der Waals surface area contributed by atoms with E-state index in [2.05, 4.69) is 11.3 Å². The summed E-state index contributed by atoms with van der Waals surface area (Å²) in [5.74, 6) is -11.1. The Kier molecular flexibility index (Phi) is 5.03. The van der Waals surface area contributed by atoms with Gasteiger partial charge in [0.25, 0.3) is 0 Å². The highest BCUT2D eigenvalue weighted by Gasteiger charge is 2.58. The molecule has 17 heavy (non-hydrogen) atoms. The van der Waals surface area contributed by atoms with Gasteiger partial charge in [-0.25, -0.2) is 13.6 Å². The molecule has 0 saturated heterocycles. The van der Waals surface area contributed by atoms with Crippen molar-refractivity contribution >= 4 is 5.97 Å². The van der Waals surface area contributed by atoms with Gasteiger partial charge in [-0.1, -0.05) is 6.58 Å². The lowest BCUT2D eigenvalue weighted by atomic mass is 10.1. The Morgan fingerprint density at radius 2 is 1.71 bits per heavy atom. The maximum atomic E-state index is 12.8. The van der Waals surface area contributed by atoms with E-state index < -0.39 is 37.3 Å². The molecular formula is C9H10F6O2. The highest BCUT2D eigenvalue weighted by molar-refractivity contribution is 5.86. The van der Waals surface area contributed by atoms with E-state index >= 15 is 0 Å². The molecule has 0 spiro atoms. The predicted octanol–water partition coefficient (Wildman–Crippen LogP) is 3.03. The summed E-state index contributed by atoms with van der Waals surface area (Å²) < 4.78 is 78.0. The molecule has 0 radical (unpaired) electrons. The molecule has 0 aliphatic carbocycles. The van der Waals surface area contributed by atoms with Gasteiger partial charge in [0.1, 0.15) is 0 Å². The minimum atomic E-state index is -4.95. The first kappa shape index (κ1) is 15.8. The summed E-state index contributed by atoms with van der Waals surface area (Å²) in [4.78, 5) is 10.7. The first-order valence-electron chi connectivity index (χ1n) is 4.36. The molecule has 0 N–H and O–H groups in total. The van der Waals surface area contributed by atoms with Gasteiger partial charge < -0.3 is 4.74 Å². The fourth-order valence-electron chi connectivity index (χ4n) is 0.728. The van der Waals surface area contributed by atoms with Gasteiger partial charge in [-0.05, 0) is 6.92 Å². The zero-order chi connectivity index (χ0) is 13.9. The van der Waals surface area contributed by atoms with Crippen LogP contribution in [-0.2, 0) is 9.53 Å². The molecule has 0 aliphatic heterocycles. The fraction of sp³-hybridized carbons (Fsp3) is 0.667. The number of esters is 1. The van der Waals surface area contributed by atoms with Gasteiger partial charge in [-0.3, -0.25) is 0 Å². The third kappa shape index (κ3) is 4.66. The number of hydrogen-bond acceptors (Lipinski definition) is 2. The Morgan fingerprint density at radius 3 is 2.06 bits per heavy atom. The second-order valence-corrected chi connectivity index (χ2v) is 3.36. The van der Waals surface area contributed by atoms with E-state index in [-0.39, 0.29) is 5.57 Å². The molecular weight excluding hydrogens is 254 g/mol. The lowest BCUT2D eigenvalue weighted by Crippen LogP contribution is -2.46. The van der Waals surface area contributed by atoms with Crippen LogP contribution in [-0.4, -0.2) is 30.8 Å². The molecule has 0 rings (SSSR count). The van der Waals surface area contributed by atoms with Crippen LogP contribution >= 0.6 is 0 Å². The molecule has 0 atom stereocenters. The average molecular weight is 264 g/mol. The number of alkyl halides is 6. The van der Waals surface area contributed by atoms with Gasteiger partial charge in [0.2, 0.25) is 6.43 Å². The van der Waals surface area contributed by atoms with Crippen molar-refractivity contribution in [1.82, 2.24) is 0 Å². The summed E-state index contributed by atoms with van der Waals surface area (Å²) in [5, 5.41) is 0. The maximum absolute atomic E-state index is 12.8. The van der Waals surface area contributed by atoms with Crippen molar-refractivity contribution < 1.29 is 35.9 Å². The summed E-state index contributed by atoms with van der Waals surface area (Å²) in [7, 11) is 0. The Labute approximate surface area is 93.2 Å². The Morgan fingerprint density at radius 1 is 1.24 bits per heavy atom. The summed E-state index contributed by atoms with van der Waals surface area (Å²) in [6.45, 7) is 2.19. The molecule has 0 saturated carbocycles. The van der Waals surface area contributed by atoms with Crippen LogP contribution in [0, 0.1) is 0 Å². The zero-order valence-corrected chi connectivity index (χ0v) is 8.78. The molecule has 100 valence electrons. The van der Waals surface area contributed by atoms with Crippen molar-refractivity contribution in [3.05, 3.63) is 12.2 Å².